The molecule has 1 aromatic rings. The number of rotatable bonds is 0. The molecular formula is C9H8S. The van der Waals surface area contributed by atoms with E-state index in [1.807, 2.05) is 0 Å². The molecule has 50 valence electrons. The van der Waals surface area contributed by atoms with Crippen molar-refractivity contribution in [2.45, 2.75) is 4.90 Å². The molecule has 0 aromatic heterocycles. The van der Waals surface area contributed by atoms with Crippen LogP contribution in [0, 0.1) is 0 Å². The van der Waals surface area contributed by atoms with Crippen molar-refractivity contribution in [3.05, 3.63) is 35.9 Å². The van der Waals surface area contributed by atoms with Gasteiger partial charge in [-0.15, -0.1) is 11.8 Å². The van der Waals surface area contributed by atoms with Crippen LogP contribution in [0.2, 0.25) is 0 Å². The Labute approximate surface area is 70.6 Å². The van der Waals surface area contributed by atoms with Crippen LogP contribution in [0.4, 0.5) is 0 Å². The molecule has 0 spiro atoms. The number of hydrogen-bond acceptors (Lipinski definition) is 1. The van der Waals surface area contributed by atoms with Gasteiger partial charge in [0.15, 0.2) is 0 Å². The fourth-order valence-corrected chi connectivity index (χ4v) is 1.44. The van der Waals surface area contributed by atoms with Crippen LogP contribution >= 0.6 is 11.8 Å². The van der Waals surface area contributed by atoms with Gasteiger partial charge in [-0.25, -0.2) is 0 Å². The first-order valence-electron chi connectivity index (χ1n) is 5.05. The first kappa shape index (κ1) is 3.14. The normalized spacial score (nSPS) is 29.8. The molecule has 0 saturated carbocycles. The molecule has 1 heteroatoms. The van der Waals surface area contributed by atoms with Gasteiger partial charge in [0.1, 0.15) is 0 Å². The highest BCUT2D eigenvalue weighted by molar-refractivity contribution is 7.99. The summed E-state index contributed by atoms with van der Waals surface area (Å²) in [6, 6.07) is 5.40. The minimum Gasteiger partial charge on any atom is -0.121 e. The van der Waals surface area contributed by atoms with Gasteiger partial charge < -0.3 is 0 Å². The fraction of sp³-hybridized carbons (Fsp3) is 0.111. The van der Waals surface area contributed by atoms with Crippen LogP contribution in [0.25, 0.3) is 6.05 Å². The Morgan fingerprint density at radius 2 is 2.60 bits per heavy atom. The highest BCUT2D eigenvalue weighted by Gasteiger charge is 2.00. The van der Waals surface area contributed by atoms with E-state index in [4.69, 9.17) is 5.48 Å². The zero-order valence-corrected chi connectivity index (χ0v) is 6.03. The van der Waals surface area contributed by atoms with Gasteiger partial charge in [-0.05, 0) is 11.6 Å². The molecule has 1 aliphatic rings. The molecule has 0 nitrogen and oxygen atoms in total. The van der Waals surface area contributed by atoms with E-state index in [-0.39, 0.29) is 18.1 Å². The molecule has 0 bridgehead atoms. The first-order chi connectivity index (χ1) is 6.61. The van der Waals surface area contributed by atoms with Crippen molar-refractivity contribution >= 4 is 17.8 Å². The van der Waals surface area contributed by atoms with E-state index in [2.05, 4.69) is 0 Å². The summed E-state index contributed by atoms with van der Waals surface area (Å²) < 4.78 is 30.4. The Bertz CT molecular complexity index is 413. The second-order valence-electron chi connectivity index (χ2n) is 1.91. The maximum Gasteiger partial charge on any atom is 0.0629 e. The molecule has 1 unspecified atom stereocenters. The van der Waals surface area contributed by atoms with Crippen LogP contribution in [-0.4, -0.2) is 5.73 Å². The third kappa shape index (κ3) is 0.971. The largest absolute Gasteiger partial charge is 0.121 e. The monoisotopic (exact) mass is 152 g/mol. The van der Waals surface area contributed by atoms with Crippen molar-refractivity contribution in [1.82, 2.24) is 0 Å². The van der Waals surface area contributed by atoms with E-state index >= 15 is 0 Å². The summed E-state index contributed by atoms with van der Waals surface area (Å²) in [6.45, 7) is 0. The average molecular weight is 152 g/mol. The van der Waals surface area contributed by atoms with Crippen LogP contribution in [0.15, 0.2) is 35.2 Å². The zero-order valence-electron chi connectivity index (χ0n) is 9.22. The van der Waals surface area contributed by atoms with Crippen molar-refractivity contribution in [3.63, 3.8) is 0 Å². The lowest BCUT2D eigenvalue weighted by atomic mass is 10.2. The number of benzene rings is 1. The quantitative estimate of drug-likeness (QED) is 0.551. The third-order valence-electron chi connectivity index (χ3n) is 1.26. The van der Waals surface area contributed by atoms with Gasteiger partial charge in [0.2, 0.25) is 0 Å². The Balaban J connectivity index is 2.67. The Morgan fingerprint density at radius 3 is 3.60 bits per heavy atom. The summed E-state index contributed by atoms with van der Waals surface area (Å²) >= 11 is 1.22. The topological polar surface area (TPSA) is 0 Å². The lowest BCUT2D eigenvalue weighted by molar-refractivity contribution is 1.40. The van der Waals surface area contributed by atoms with Crippen LogP contribution in [0.3, 0.4) is 0 Å². The Kier molecular flexibility index (Phi) is 0.787. The molecule has 0 N–H and O–H groups in total. The predicted molar refractivity (Wildman–Crippen MR) is 46.2 cm³/mol. The molecule has 2 rings (SSSR count). The molecule has 0 radical (unpaired) electrons. The molecule has 0 aliphatic carbocycles. The molecule has 0 fully saturated rings. The summed E-state index contributed by atoms with van der Waals surface area (Å²) in [7, 11) is 0. The van der Waals surface area contributed by atoms with Gasteiger partial charge in [-0.1, -0.05) is 30.3 Å². The molecule has 10 heavy (non-hydrogen) atoms. The number of fused-ring (bicyclic) bond motifs is 1. The number of hydrogen-bond donors (Lipinski definition) is 0. The van der Waals surface area contributed by atoms with Crippen molar-refractivity contribution in [2.75, 3.05) is 5.73 Å². The van der Waals surface area contributed by atoms with E-state index in [1.165, 1.54) is 11.8 Å². The summed E-state index contributed by atoms with van der Waals surface area (Å²) in [5.74, 6) is 0. The van der Waals surface area contributed by atoms with Gasteiger partial charge in [0.05, 0.1) is 4.11 Å². The fourth-order valence-electron chi connectivity index (χ4n) is 0.812. The second kappa shape index (κ2) is 2.51. The first-order valence-corrected chi connectivity index (χ1v) is 3.85. The van der Waals surface area contributed by atoms with Gasteiger partial charge in [-0.2, -0.15) is 0 Å². The van der Waals surface area contributed by atoms with Crippen molar-refractivity contribution in [2.24, 2.45) is 0 Å². The summed E-state index contributed by atoms with van der Waals surface area (Å²) in [5, 5.41) is 0. The van der Waals surface area contributed by atoms with Crippen LogP contribution in [-0.2, 0) is 0 Å². The highest BCUT2D eigenvalue weighted by atomic mass is 32.2. The van der Waals surface area contributed by atoms with E-state index in [0.717, 1.165) is 4.90 Å². The van der Waals surface area contributed by atoms with E-state index < -0.39 is 5.73 Å². The van der Waals surface area contributed by atoms with E-state index in [0.29, 0.717) is 5.56 Å². The van der Waals surface area contributed by atoms with Gasteiger partial charge in [-0.3, -0.25) is 0 Å². The Hall–Kier alpha value is -0.690. The van der Waals surface area contributed by atoms with Crippen LogP contribution in [0.1, 0.15) is 11.0 Å². The SMILES string of the molecule is [2H]C1=C([2H])C([2H])Sc2cccc([2H])c21. The summed E-state index contributed by atoms with van der Waals surface area (Å²) in [5.41, 5.74) is -0.234. The lowest BCUT2D eigenvalue weighted by Gasteiger charge is -2.07. The molecule has 1 aromatic carbocycles. The zero-order chi connectivity index (χ0) is 10.3. The van der Waals surface area contributed by atoms with Crippen molar-refractivity contribution in [1.29, 1.82) is 0 Å². The molecular weight excluding hydrogens is 140 g/mol. The molecule has 0 saturated heterocycles. The van der Waals surface area contributed by atoms with Crippen LogP contribution in [0.5, 0.6) is 0 Å². The van der Waals surface area contributed by atoms with Gasteiger partial charge >= 0.3 is 0 Å². The van der Waals surface area contributed by atoms with Crippen molar-refractivity contribution < 1.29 is 5.48 Å². The maximum atomic E-state index is 7.67. The standard InChI is InChI=1S/C9H8S/c1-2-6-9-8(4-1)5-3-7-10-9/h1-6H,7H2/i3D,4D,5D,7D. The van der Waals surface area contributed by atoms with Crippen molar-refractivity contribution in [3.8, 4) is 0 Å². The van der Waals surface area contributed by atoms with Crippen LogP contribution < -0.4 is 0 Å². The molecule has 1 heterocycles. The third-order valence-corrected chi connectivity index (χ3v) is 2.09. The summed E-state index contributed by atoms with van der Waals surface area (Å²) in [4.78, 5) is 0.763. The lowest BCUT2D eigenvalue weighted by Crippen LogP contribution is -1.84. The van der Waals surface area contributed by atoms with E-state index in [1.54, 1.807) is 18.2 Å². The van der Waals surface area contributed by atoms with E-state index in [9.17, 15) is 0 Å². The van der Waals surface area contributed by atoms with Gasteiger partial charge in [0, 0.05) is 12.0 Å². The smallest absolute Gasteiger partial charge is 0.0629 e. The second-order valence-corrected chi connectivity index (χ2v) is 2.83. The number of thioether (sulfide) groups is 1. The maximum absolute atomic E-state index is 7.67. The average Bonchev–Trinajstić information content (AvgIpc) is 2.14. The minimum absolute atomic E-state index is 0.0119. The molecule has 0 amide bonds. The minimum atomic E-state index is -0.725. The molecule has 1 aliphatic heterocycles. The predicted octanol–water partition coefficient (Wildman–Crippen LogP) is 2.81. The Morgan fingerprint density at radius 1 is 1.60 bits per heavy atom. The summed E-state index contributed by atoms with van der Waals surface area (Å²) in [6.07, 6.45) is 0. The molecule has 1 atom stereocenters. The highest BCUT2D eigenvalue weighted by Crippen LogP contribution is 2.27. The van der Waals surface area contributed by atoms with Gasteiger partial charge in [0.25, 0.3) is 0 Å².